The smallest absolute Gasteiger partial charge is 0.251 e. The fourth-order valence-electron chi connectivity index (χ4n) is 1.33. The molecule has 3 nitrogen and oxygen atoms in total. The molecule has 0 atom stereocenters. The maximum absolute atomic E-state index is 11.6. The summed E-state index contributed by atoms with van der Waals surface area (Å²) < 4.78 is 0. The van der Waals surface area contributed by atoms with E-state index in [1.165, 1.54) is 5.56 Å². The summed E-state index contributed by atoms with van der Waals surface area (Å²) in [6, 6.07) is 7.73. The number of hydrogen-bond donors (Lipinski definition) is 2. The van der Waals surface area contributed by atoms with Gasteiger partial charge in [-0.05, 0) is 44.5 Å². The van der Waals surface area contributed by atoms with Gasteiger partial charge >= 0.3 is 0 Å². The van der Waals surface area contributed by atoms with Crippen LogP contribution in [-0.2, 0) is 6.42 Å². The van der Waals surface area contributed by atoms with Gasteiger partial charge in [-0.1, -0.05) is 12.1 Å². The van der Waals surface area contributed by atoms with Crippen molar-refractivity contribution in [1.82, 2.24) is 5.32 Å². The summed E-state index contributed by atoms with van der Waals surface area (Å²) in [5, 5.41) is 2.85. The first kappa shape index (κ1) is 11.7. The Bertz CT molecular complexity index is 317. The molecule has 0 aromatic heterocycles. The monoisotopic (exact) mass is 206 g/mol. The summed E-state index contributed by atoms with van der Waals surface area (Å²) >= 11 is 0. The lowest BCUT2D eigenvalue weighted by Crippen LogP contribution is -2.29. The van der Waals surface area contributed by atoms with Crippen molar-refractivity contribution in [3.63, 3.8) is 0 Å². The van der Waals surface area contributed by atoms with Gasteiger partial charge < -0.3 is 11.1 Å². The Hall–Kier alpha value is -1.35. The van der Waals surface area contributed by atoms with Gasteiger partial charge in [0.25, 0.3) is 5.91 Å². The predicted molar refractivity (Wildman–Crippen MR) is 61.8 cm³/mol. The molecule has 1 rings (SSSR count). The Morgan fingerprint density at radius 1 is 1.33 bits per heavy atom. The zero-order valence-corrected chi connectivity index (χ0v) is 9.29. The van der Waals surface area contributed by atoms with Gasteiger partial charge in [-0.2, -0.15) is 0 Å². The second kappa shape index (κ2) is 5.51. The van der Waals surface area contributed by atoms with Crippen LogP contribution in [0.5, 0.6) is 0 Å². The molecule has 1 aromatic rings. The molecule has 0 fully saturated rings. The number of nitrogens with two attached hydrogens (primary N) is 1. The number of carbonyl (C=O) groups is 1. The second-order valence-electron chi connectivity index (χ2n) is 3.86. The third kappa shape index (κ3) is 3.72. The van der Waals surface area contributed by atoms with Gasteiger partial charge in [0.2, 0.25) is 0 Å². The van der Waals surface area contributed by atoms with Crippen molar-refractivity contribution < 1.29 is 4.79 Å². The lowest BCUT2D eigenvalue weighted by atomic mass is 10.1. The summed E-state index contributed by atoms with van der Waals surface area (Å²) in [7, 11) is 0. The van der Waals surface area contributed by atoms with E-state index in [1.54, 1.807) is 0 Å². The fourth-order valence-corrected chi connectivity index (χ4v) is 1.33. The minimum atomic E-state index is -0.0238. The highest BCUT2D eigenvalue weighted by Gasteiger charge is 2.05. The summed E-state index contributed by atoms with van der Waals surface area (Å²) in [5.41, 5.74) is 7.31. The molecule has 1 aromatic carbocycles. The number of rotatable bonds is 4. The van der Waals surface area contributed by atoms with Gasteiger partial charge in [0.1, 0.15) is 0 Å². The van der Waals surface area contributed by atoms with Crippen LogP contribution in [-0.4, -0.2) is 18.5 Å². The number of hydrogen-bond acceptors (Lipinski definition) is 2. The lowest BCUT2D eigenvalue weighted by molar-refractivity contribution is 0.0943. The molecule has 15 heavy (non-hydrogen) atoms. The Morgan fingerprint density at radius 2 is 1.93 bits per heavy atom. The van der Waals surface area contributed by atoms with Crippen LogP contribution in [0.4, 0.5) is 0 Å². The number of benzene rings is 1. The first-order chi connectivity index (χ1) is 7.13. The van der Waals surface area contributed by atoms with Gasteiger partial charge in [-0.3, -0.25) is 4.79 Å². The predicted octanol–water partition coefficient (Wildman–Crippen LogP) is 1.33. The largest absolute Gasteiger partial charge is 0.350 e. The van der Waals surface area contributed by atoms with Crippen LogP contribution in [0.2, 0.25) is 0 Å². The molecule has 0 saturated carbocycles. The van der Waals surface area contributed by atoms with Crippen LogP contribution < -0.4 is 11.1 Å². The average Bonchev–Trinajstić information content (AvgIpc) is 2.18. The number of carbonyl (C=O) groups excluding carboxylic acids is 1. The summed E-state index contributed by atoms with van der Waals surface area (Å²) in [6.07, 6.45) is 0.853. The molecule has 0 radical (unpaired) electrons. The van der Waals surface area contributed by atoms with E-state index in [0.29, 0.717) is 12.1 Å². The van der Waals surface area contributed by atoms with E-state index in [0.717, 1.165) is 6.42 Å². The summed E-state index contributed by atoms with van der Waals surface area (Å²) in [4.78, 5) is 11.6. The molecule has 1 amide bonds. The first-order valence-electron chi connectivity index (χ1n) is 5.23. The van der Waals surface area contributed by atoms with E-state index >= 15 is 0 Å². The highest BCUT2D eigenvalue weighted by atomic mass is 16.1. The van der Waals surface area contributed by atoms with Crippen molar-refractivity contribution in [1.29, 1.82) is 0 Å². The number of amides is 1. The van der Waals surface area contributed by atoms with Gasteiger partial charge in [0.15, 0.2) is 0 Å². The van der Waals surface area contributed by atoms with Crippen molar-refractivity contribution in [2.45, 2.75) is 26.3 Å². The van der Waals surface area contributed by atoms with Crippen molar-refractivity contribution in [2.75, 3.05) is 6.54 Å². The van der Waals surface area contributed by atoms with Crippen LogP contribution in [0.15, 0.2) is 24.3 Å². The van der Waals surface area contributed by atoms with Gasteiger partial charge in [-0.15, -0.1) is 0 Å². The fraction of sp³-hybridized carbons (Fsp3) is 0.417. The van der Waals surface area contributed by atoms with Gasteiger partial charge in [0.05, 0.1) is 0 Å². The molecule has 3 N–H and O–H groups in total. The quantitative estimate of drug-likeness (QED) is 0.780. The SMILES string of the molecule is CC(C)NC(=O)c1ccc(CCN)cc1. The molecule has 82 valence electrons. The molecule has 0 spiro atoms. The minimum absolute atomic E-state index is 0.0238. The molecule has 0 unspecified atom stereocenters. The molecule has 0 heterocycles. The molecular weight excluding hydrogens is 188 g/mol. The van der Waals surface area contributed by atoms with E-state index in [4.69, 9.17) is 5.73 Å². The molecule has 0 aliphatic heterocycles. The minimum Gasteiger partial charge on any atom is -0.350 e. The zero-order chi connectivity index (χ0) is 11.3. The van der Waals surface area contributed by atoms with Gasteiger partial charge in [0, 0.05) is 11.6 Å². The van der Waals surface area contributed by atoms with Crippen LogP contribution >= 0.6 is 0 Å². The van der Waals surface area contributed by atoms with E-state index < -0.39 is 0 Å². The third-order valence-electron chi connectivity index (χ3n) is 2.07. The van der Waals surface area contributed by atoms with Crippen molar-refractivity contribution in [2.24, 2.45) is 5.73 Å². The van der Waals surface area contributed by atoms with Crippen LogP contribution in [0, 0.1) is 0 Å². The summed E-state index contributed by atoms with van der Waals surface area (Å²) in [5.74, 6) is -0.0238. The van der Waals surface area contributed by atoms with E-state index in [-0.39, 0.29) is 11.9 Å². The Kier molecular flexibility index (Phi) is 4.31. The van der Waals surface area contributed by atoms with E-state index in [1.807, 2.05) is 38.1 Å². The maximum atomic E-state index is 11.6. The highest BCUT2D eigenvalue weighted by molar-refractivity contribution is 5.94. The van der Waals surface area contributed by atoms with Gasteiger partial charge in [-0.25, -0.2) is 0 Å². The van der Waals surface area contributed by atoms with Crippen LogP contribution in [0.25, 0.3) is 0 Å². The Morgan fingerprint density at radius 3 is 2.40 bits per heavy atom. The third-order valence-corrected chi connectivity index (χ3v) is 2.07. The molecule has 3 heteroatoms. The van der Waals surface area contributed by atoms with E-state index in [2.05, 4.69) is 5.32 Å². The molecule has 0 aliphatic carbocycles. The van der Waals surface area contributed by atoms with E-state index in [9.17, 15) is 4.79 Å². The Labute approximate surface area is 90.7 Å². The zero-order valence-electron chi connectivity index (χ0n) is 9.29. The van der Waals surface area contributed by atoms with Crippen molar-refractivity contribution in [3.8, 4) is 0 Å². The molecule has 0 bridgehead atoms. The Balaban J connectivity index is 2.67. The normalized spacial score (nSPS) is 10.4. The second-order valence-corrected chi connectivity index (χ2v) is 3.86. The van der Waals surface area contributed by atoms with Crippen LogP contribution in [0.1, 0.15) is 29.8 Å². The molecular formula is C12H18N2O. The number of nitrogens with one attached hydrogen (secondary N) is 1. The summed E-state index contributed by atoms with van der Waals surface area (Å²) in [6.45, 7) is 4.53. The van der Waals surface area contributed by atoms with Crippen LogP contribution in [0.3, 0.4) is 0 Å². The molecule has 0 saturated heterocycles. The molecule has 0 aliphatic rings. The van der Waals surface area contributed by atoms with Crippen molar-refractivity contribution in [3.05, 3.63) is 35.4 Å². The highest BCUT2D eigenvalue weighted by Crippen LogP contribution is 2.05. The first-order valence-corrected chi connectivity index (χ1v) is 5.23. The maximum Gasteiger partial charge on any atom is 0.251 e. The lowest BCUT2D eigenvalue weighted by Gasteiger charge is -2.08. The van der Waals surface area contributed by atoms with Crippen molar-refractivity contribution >= 4 is 5.91 Å². The standard InChI is InChI=1S/C12H18N2O/c1-9(2)14-12(15)11-5-3-10(4-6-11)7-8-13/h3-6,9H,7-8,13H2,1-2H3,(H,14,15). The topological polar surface area (TPSA) is 55.1 Å². The average molecular weight is 206 g/mol.